The number of amides is 2. The molecule has 0 aromatic carbocycles. The number of piperidine rings is 1. The molecule has 1 fully saturated rings. The summed E-state index contributed by atoms with van der Waals surface area (Å²) in [5.74, 6) is 0.385. The summed E-state index contributed by atoms with van der Waals surface area (Å²) in [4.78, 5) is 18.4. The first-order valence-electron chi connectivity index (χ1n) is 7.03. The van der Waals surface area contributed by atoms with E-state index in [-0.39, 0.29) is 17.2 Å². The van der Waals surface area contributed by atoms with E-state index >= 15 is 0 Å². The van der Waals surface area contributed by atoms with E-state index in [1.165, 1.54) is 0 Å². The van der Waals surface area contributed by atoms with Gasteiger partial charge in [-0.05, 0) is 31.4 Å². The fraction of sp³-hybridized carbons (Fsp3) is 0.357. The molecule has 2 N–H and O–H groups in total. The lowest BCUT2D eigenvalue weighted by molar-refractivity contribution is 0.163. The van der Waals surface area contributed by atoms with Crippen LogP contribution in [0.2, 0.25) is 10.2 Å². The molecule has 1 aliphatic rings. The fourth-order valence-electron chi connectivity index (χ4n) is 2.63. The molecule has 116 valence electrons. The summed E-state index contributed by atoms with van der Waals surface area (Å²) in [5, 5.41) is 10.1. The third-order valence-electron chi connectivity index (χ3n) is 3.71. The maximum absolute atomic E-state index is 12.5. The van der Waals surface area contributed by atoms with Gasteiger partial charge in [0.05, 0.1) is 17.3 Å². The average Bonchev–Trinajstić information content (AvgIpc) is 3.05. The number of nitrogens with one attached hydrogen (secondary N) is 2. The minimum absolute atomic E-state index is 0.0234. The Morgan fingerprint density at radius 3 is 2.95 bits per heavy atom. The van der Waals surface area contributed by atoms with Crippen LogP contribution in [0.25, 0.3) is 0 Å². The molecule has 2 amide bonds. The molecule has 0 aliphatic carbocycles. The summed E-state index contributed by atoms with van der Waals surface area (Å²) >= 11 is 11.7. The molecule has 0 saturated carbocycles. The lowest BCUT2D eigenvalue weighted by Gasteiger charge is -2.35. The van der Waals surface area contributed by atoms with Gasteiger partial charge in [0.1, 0.15) is 11.0 Å². The number of anilines is 1. The monoisotopic (exact) mass is 339 g/mol. The van der Waals surface area contributed by atoms with Crippen LogP contribution in [0.1, 0.15) is 30.9 Å². The standard InChI is InChI=1S/C14H15Cl2N5O/c15-10-4-5-12(19-13(10)16)20-14(22)21-6-2-1-3-11(21)9-7-17-18-8-9/h4-5,7-8,11H,1-3,6H2,(H,17,18)(H,19,20,22)/t11-/m1/s1. The Morgan fingerprint density at radius 1 is 1.36 bits per heavy atom. The third-order valence-corrected chi connectivity index (χ3v) is 4.40. The van der Waals surface area contributed by atoms with Crippen LogP contribution in [0, 0.1) is 0 Å². The van der Waals surface area contributed by atoms with Crippen molar-refractivity contribution in [3.63, 3.8) is 0 Å². The average molecular weight is 340 g/mol. The van der Waals surface area contributed by atoms with Crippen LogP contribution in [0.15, 0.2) is 24.5 Å². The van der Waals surface area contributed by atoms with Gasteiger partial charge < -0.3 is 4.90 Å². The highest BCUT2D eigenvalue weighted by Crippen LogP contribution is 2.31. The van der Waals surface area contributed by atoms with E-state index in [4.69, 9.17) is 23.2 Å². The van der Waals surface area contributed by atoms with Crippen molar-refractivity contribution < 1.29 is 4.79 Å². The molecule has 0 radical (unpaired) electrons. The van der Waals surface area contributed by atoms with Crippen LogP contribution in [0.3, 0.4) is 0 Å². The molecule has 8 heteroatoms. The number of aromatic amines is 1. The summed E-state index contributed by atoms with van der Waals surface area (Å²) in [5.41, 5.74) is 1.01. The Hall–Kier alpha value is -1.79. The van der Waals surface area contributed by atoms with Crippen LogP contribution in [0.5, 0.6) is 0 Å². The van der Waals surface area contributed by atoms with Gasteiger partial charge in [-0.3, -0.25) is 10.4 Å². The van der Waals surface area contributed by atoms with E-state index in [9.17, 15) is 4.79 Å². The topological polar surface area (TPSA) is 73.9 Å². The Labute approximate surface area is 137 Å². The van der Waals surface area contributed by atoms with E-state index < -0.39 is 0 Å². The molecule has 2 aromatic heterocycles. The zero-order valence-corrected chi connectivity index (χ0v) is 13.2. The first-order valence-corrected chi connectivity index (χ1v) is 7.79. The van der Waals surface area contributed by atoms with Gasteiger partial charge in [0.25, 0.3) is 0 Å². The van der Waals surface area contributed by atoms with Gasteiger partial charge in [0.2, 0.25) is 0 Å². The highest BCUT2D eigenvalue weighted by Gasteiger charge is 2.28. The zero-order valence-electron chi connectivity index (χ0n) is 11.7. The number of carbonyl (C=O) groups is 1. The number of pyridine rings is 1. The SMILES string of the molecule is O=C(Nc1ccc(Cl)c(Cl)n1)N1CCCC[C@@H]1c1cn[nH]c1. The molecular formula is C14H15Cl2N5O. The molecule has 1 saturated heterocycles. The lowest BCUT2D eigenvalue weighted by Crippen LogP contribution is -2.41. The first-order chi connectivity index (χ1) is 10.6. The number of urea groups is 1. The molecule has 6 nitrogen and oxygen atoms in total. The minimum atomic E-state index is -0.197. The van der Waals surface area contributed by atoms with Gasteiger partial charge in [0.15, 0.2) is 0 Å². The second-order valence-electron chi connectivity index (χ2n) is 5.14. The maximum Gasteiger partial charge on any atom is 0.323 e. The lowest BCUT2D eigenvalue weighted by atomic mass is 9.98. The van der Waals surface area contributed by atoms with Gasteiger partial charge in [-0.2, -0.15) is 5.10 Å². The molecular weight excluding hydrogens is 325 g/mol. The molecule has 1 atom stereocenters. The number of rotatable bonds is 2. The molecule has 0 bridgehead atoms. The summed E-state index contributed by atoms with van der Waals surface area (Å²) in [6.45, 7) is 0.697. The van der Waals surface area contributed by atoms with E-state index in [1.54, 1.807) is 23.2 Å². The zero-order chi connectivity index (χ0) is 15.5. The van der Waals surface area contributed by atoms with Crippen LogP contribution >= 0.6 is 23.2 Å². The van der Waals surface area contributed by atoms with Crippen molar-refractivity contribution in [2.24, 2.45) is 0 Å². The third kappa shape index (κ3) is 3.18. The van der Waals surface area contributed by atoms with Crippen molar-refractivity contribution in [3.05, 3.63) is 40.3 Å². The van der Waals surface area contributed by atoms with Crippen LogP contribution in [0.4, 0.5) is 10.6 Å². The number of H-pyrrole nitrogens is 1. The second-order valence-corrected chi connectivity index (χ2v) is 5.90. The maximum atomic E-state index is 12.5. The number of hydrogen-bond acceptors (Lipinski definition) is 3. The van der Waals surface area contributed by atoms with E-state index in [1.807, 2.05) is 6.20 Å². The van der Waals surface area contributed by atoms with Crippen LogP contribution in [-0.2, 0) is 0 Å². The summed E-state index contributed by atoms with van der Waals surface area (Å²) in [6.07, 6.45) is 6.57. The molecule has 3 rings (SSSR count). The Balaban J connectivity index is 1.75. The number of halogens is 2. The fourth-order valence-corrected chi connectivity index (χ4v) is 2.89. The summed E-state index contributed by atoms with van der Waals surface area (Å²) in [6, 6.07) is 3.06. The van der Waals surface area contributed by atoms with E-state index in [0.29, 0.717) is 17.4 Å². The van der Waals surface area contributed by atoms with Crippen molar-refractivity contribution in [1.29, 1.82) is 0 Å². The van der Waals surface area contributed by atoms with Gasteiger partial charge in [-0.1, -0.05) is 23.2 Å². The first kappa shape index (κ1) is 15.1. The van der Waals surface area contributed by atoms with Crippen molar-refractivity contribution >= 4 is 35.1 Å². The van der Waals surface area contributed by atoms with Crippen molar-refractivity contribution in [2.75, 3.05) is 11.9 Å². The molecule has 2 aromatic rings. The van der Waals surface area contributed by atoms with Gasteiger partial charge in [0, 0.05) is 18.3 Å². The summed E-state index contributed by atoms with van der Waals surface area (Å²) in [7, 11) is 0. The summed E-state index contributed by atoms with van der Waals surface area (Å²) < 4.78 is 0. The number of aromatic nitrogens is 3. The second kappa shape index (κ2) is 6.54. The number of hydrogen-bond donors (Lipinski definition) is 2. The molecule has 0 spiro atoms. The largest absolute Gasteiger partial charge is 0.323 e. The van der Waals surface area contributed by atoms with Crippen molar-refractivity contribution in [2.45, 2.75) is 25.3 Å². The minimum Gasteiger partial charge on any atom is -0.317 e. The number of carbonyl (C=O) groups excluding carboxylic acids is 1. The van der Waals surface area contributed by atoms with Gasteiger partial charge in [-0.15, -0.1) is 0 Å². The Bertz CT molecular complexity index is 661. The normalized spacial score (nSPS) is 18.3. The number of likely N-dealkylation sites (tertiary alicyclic amines) is 1. The van der Waals surface area contributed by atoms with Gasteiger partial charge >= 0.3 is 6.03 Å². The Kier molecular flexibility index (Phi) is 4.49. The quantitative estimate of drug-likeness (QED) is 0.815. The van der Waals surface area contributed by atoms with E-state index in [0.717, 1.165) is 24.8 Å². The predicted octanol–water partition coefficient (Wildman–Crippen LogP) is 3.87. The van der Waals surface area contributed by atoms with Crippen molar-refractivity contribution in [3.8, 4) is 0 Å². The number of nitrogens with zero attached hydrogens (tertiary/aromatic N) is 3. The van der Waals surface area contributed by atoms with E-state index in [2.05, 4.69) is 20.5 Å². The molecule has 1 aliphatic heterocycles. The van der Waals surface area contributed by atoms with Crippen molar-refractivity contribution in [1.82, 2.24) is 20.1 Å². The highest BCUT2D eigenvalue weighted by atomic mass is 35.5. The van der Waals surface area contributed by atoms with Crippen LogP contribution < -0.4 is 5.32 Å². The molecule has 0 unspecified atom stereocenters. The molecule has 22 heavy (non-hydrogen) atoms. The Morgan fingerprint density at radius 2 is 2.23 bits per heavy atom. The van der Waals surface area contributed by atoms with Crippen LogP contribution in [-0.4, -0.2) is 32.7 Å². The molecule has 3 heterocycles. The van der Waals surface area contributed by atoms with Gasteiger partial charge in [-0.25, -0.2) is 9.78 Å². The smallest absolute Gasteiger partial charge is 0.317 e. The highest BCUT2D eigenvalue weighted by molar-refractivity contribution is 6.41. The predicted molar refractivity (Wildman–Crippen MR) is 85.2 cm³/mol.